The van der Waals surface area contributed by atoms with Crippen molar-refractivity contribution in [3.8, 4) is 0 Å². The molecule has 0 aromatic rings. The van der Waals surface area contributed by atoms with Gasteiger partial charge in [0.1, 0.15) is 5.78 Å². The van der Waals surface area contributed by atoms with E-state index in [1.165, 1.54) is 19.4 Å². The normalized spacial score (nSPS) is 19.3. The summed E-state index contributed by atoms with van der Waals surface area (Å²) in [5.74, 6) is 0.990. The molecule has 1 heterocycles. The van der Waals surface area contributed by atoms with E-state index < -0.39 is 0 Å². The number of likely N-dealkylation sites (tertiary alicyclic amines) is 1. The van der Waals surface area contributed by atoms with Gasteiger partial charge in [0.15, 0.2) is 0 Å². The summed E-state index contributed by atoms with van der Waals surface area (Å²) in [5, 5.41) is 0. The van der Waals surface area contributed by atoms with Crippen molar-refractivity contribution >= 4 is 5.78 Å². The van der Waals surface area contributed by atoms with Crippen LogP contribution in [0.2, 0.25) is 0 Å². The standard InChI is InChI=1S/C19H38N2O/c1-7-18(11-14-20(8-2)16(5)6)21-12-9-17(10-13-21)19(22)15(3)4/h15-18H,7-14H2,1-6H3. The van der Waals surface area contributed by atoms with Crippen molar-refractivity contribution in [1.29, 1.82) is 0 Å². The molecule has 0 aromatic heterocycles. The smallest absolute Gasteiger partial charge is 0.138 e. The largest absolute Gasteiger partial charge is 0.301 e. The van der Waals surface area contributed by atoms with Crippen LogP contribution in [-0.2, 0) is 4.79 Å². The van der Waals surface area contributed by atoms with E-state index in [-0.39, 0.29) is 5.92 Å². The van der Waals surface area contributed by atoms with Crippen LogP contribution in [0.25, 0.3) is 0 Å². The second-order valence-electron chi connectivity index (χ2n) is 7.44. The fourth-order valence-electron chi connectivity index (χ4n) is 3.76. The second kappa shape index (κ2) is 9.67. The van der Waals surface area contributed by atoms with Crippen LogP contribution in [0.15, 0.2) is 0 Å². The quantitative estimate of drug-likeness (QED) is 0.647. The molecule has 1 fully saturated rings. The first kappa shape index (κ1) is 19.6. The van der Waals surface area contributed by atoms with Crippen LogP contribution < -0.4 is 0 Å². The van der Waals surface area contributed by atoms with Crippen molar-refractivity contribution < 1.29 is 4.79 Å². The van der Waals surface area contributed by atoms with E-state index in [0.717, 1.165) is 32.5 Å². The molecular formula is C19H38N2O. The SMILES string of the molecule is CCC(CCN(CC)C(C)C)N1CCC(C(=O)C(C)C)CC1. The lowest BCUT2D eigenvalue weighted by Crippen LogP contribution is -2.45. The lowest BCUT2D eigenvalue weighted by atomic mass is 9.86. The van der Waals surface area contributed by atoms with Crippen LogP contribution in [0, 0.1) is 11.8 Å². The molecule has 1 atom stereocenters. The Labute approximate surface area is 138 Å². The van der Waals surface area contributed by atoms with E-state index in [4.69, 9.17) is 0 Å². The van der Waals surface area contributed by atoms with Gasteiger partial charge in [-0.2, -0.15) is 0 Å². The number of Topliss-reactive ketones (excluding diaryl/α,β-unsaturated/α-hetero) is 1. The van der Waals surface area contributed by atoms with Crippen LogP contribution in [0.3, 0.4) is 0 Å². The Morgan fingerprint density at radius 3 is 2.14 bits per heavy atom. The number of piperidine rings is 1. The molecule has 0 spiro atoms. The van der Waals surface area contributed by atoms with Gasteiger partial charge >= 0.3 is 0 Å². The highest BCUT2D eigenvalue weighted by Gasteiger charge is 2.29. The van der Waals surface area contributed by atoms with Gasteiger partial charge in [-0.3, -0.25) is 4.79 Å². The Kier molecular flexibility index (Phi) is 8.63. The summed E-state index contributed by atoms with van der Waals surface area (Å²) >= 11 is 0. The van der Waals surface area contributed by atoms with Crippen molar-refractivity contribution in [2.24, 2.45) is 11.8 Å². The van der Waals surface area contributed by atoms with Crippen molar-refractivity contribution in [1.82, 2.24) is 9.80 Å². The summed E-state index contributed by atoms with van der Waals surface area (Å²) in [5.41, 5.74) is 0. The van der Waals surface area contributed by atoms with Crippen LogP contribution >= 0.6 is 0 Å². The lowest BCUT2D eigenvalue weighted by Gasteiger charge is -2.38. The fourth-order valence-corrected chi connectivity index (χ4v) is 3.76. The van der Waals surface area contributed by atoms with Crippen LogP contribution in [0.5, 0.6) is 0 Å². The molecule has 0 bridgehead atoms. The van der Waals surface area contributed by atoms with Gasteiger partial charge in [-0.15, -0.1) is 0 Å². The van der Waals surface area contributed by atoms with Gasteiger partial charge in [-0.05, 0) is 65.7 Å². The minimum absolute atomic E-state index is 0.197. The Morgan fingerprint density at radius 1 is 1.14 bits per heavy atom. The molecule has 130 valence electrons. The van der Waals surface area contributed by atoms with Gasteiger partial charge in [0, 0.05) is 23.9 Å². The zero-order chi connectivity index (χ0) is 16.7. The van der Waals surface area contributed by atoms with Gasteiger partial charge in [-0.1, -0.05) is 27.7 Å². The molecule has 22 heavy (non-hydrogen) atoms. The Hall–Kier alpha value is -0.410. The van der Waals surface area contributed by atoms with Crippen molar-refractivity contribution in [3.63, 3.8) is 0 Å². The Balaban J connectivity index is 2.44. The topological polar surface area (TPSA) is 23.6 Å². The maximum absolute atomic E-state index is 12.1. The maximum atomic E-state index is 12.1. The summed E-state index contributed by atoms with van der Waals surface area (Å²) in [4.78, 5) is 17.3. The van der Waals surface area contributed by atoms with Crippen molar-refractivity contribution in [2.75, 3.05) is 26.2 Å². The van der Waals surface area contributed by atoms with Crippen LogP contribution in [0.1, 0.15) is 67.2 Å². The molecule has 0 saturated carbocycles. The molecule has 0 aromatic carbocycles. The molecule has 3 heteroatoms. The average Bonchev–Trinajstić information content (AvgIpc) is 2.51. The zero-order valence-electron chi connectivity index (χ0n) is 15.8. The summed E-state index contributed by atoms with van der Waals surface area (Å²) < 4.78 is 0. The molecule has 1 unspecified atom stereocenters. The van der Waals surface area contributed by atoms with Gasteiger partial charge in [0.2, 0.25) is 0 Å². The molecule has 1 saturated heterocycles. The fraction of sp³-hybridized carbons (Fsp3) is 0.947. The summed E-state index contributed by atoms with van der Waals surface area (Å²) in [7, 11) is 0. The number of carbonyl (C=O) groups is 1. The summed E-state index contributed by atoms with van der Waals surface area (Å²) in [6, 6.07) is 1.32. The maximum Gasteiger partial charge on any atom is 0.138 e. The van der Waals surface area contributed by atoms with Gasteiger partial charge < -0.3 is 9.80 Å². The van der Waals surface area contributed by atoms with E-state index in [9.17, 15) is 4.79 Å². The van der Waals surface area contributed by atoms with Gasteiger partial charge in [0.25, 0.3) is 0 Å². The number of hydrogen-bond acceptors (Lipinski definition) is 3. The molecule has 0 amide bonds. The minimum Gasteiger partial charge on any atom is -0.301 e. The first-order chi connectivity index (χ1) is 10.4. The van der Waals surface area contributed by atoms with Crippen molar-refractivity contribution in [2.45, 2.75) is 79.3 Å². The molecule has 0 N–H and O–H groups in total. The molecule has 1 rings (SSSR count). The number of carbonyl (C=O) groups excluding carboxylic acids is 1. The highest BCUT2D eigenvalue weighted by atomic mass is 16.1. The van der Waals surface area contributed by atoms with E-state index in [1.54, 1.807) is 0 Å². The number of nitrogens with zero attached hydrogens (tertiary/aromatic N) is 2. The lowest BCUT2D eigenvalue weighted by molar-refractivity contribution is -0.127. The number of hydrogen-bond donors (Lipinski definition) is 0. The monoisotopic (exact) mass is 310 g/mol. The highest BCUT2D eigenvalue weighted by Crippen LogP contribution is 2.24. The summed E-state index contributed by atoms with van der Waals surface area (Å²) in [6.07, 6.45) is 4.61. The Morgan fingerprint density at radius 2 is 1.73 bits per heavy atom. The second-order valence-corrected chi connectivity index (χ2v) is 7.44. The predicted molar refractivity (Wildman–Crippen MR) is 95.2 cm³/mol. The third kappa shape index (κ3) is 5.66. The molecule has 1 aliphatic heterocycles. The van der Waals surface area contributed by atoms with E-state index in [2.05, 4.69) is 37.5 Å². The van der Waals surface area contributed by atoms with E-state index in [0.29, 0.717) is 23.8 Å². The van der Waals surface area contributed by atoms with Crippen LogP contribution in [-0.4, -0.2) is 53.8 Å². The molecular weight excluding hydrogens is 272 g/mol. The predicted octanol–water partition coefficient (Wildman–Crippen LogP) is 3.82. The van der Waals surface area contributed by atoms with Crippen molar-refractivity contribution in [3.05, 3.63) is 0 Å². The van der Waals surface area contributed by atoms with E-state index in [1.807, 2.05) is 13.8 Å². The molecule has 3 nitrogen and oxygen atoms in total. The minimum atomic E-state index is 0.197. The summed E-state index contributed by atoms with van der Waals surface area (Å²) in [6.45, 7) is 17.7. The number of ketones is 1. The highest BCUT2D eigenvalue weighted by molar-refractivity contribution is 5.82. The third-order valence-corrected chi connectivity index (χ3v) is 5.37. The Bertz CT molecular complexity index is 319. The van der Waals surface area contributed by atoms with Gasteiger partial charge in [0.05, 0.1) is 0 Å². The zero-order valence-corrected chi connectivity index (χ0v) is 15.8. The van der Waals surface area contributed by atoms with E-state index >= 15 is 0 Å². The first-order valence-electron chi connectivity index (χ1n) is 9.42. The molecule has 1 aliphatic rings. The van der Waals surface area contributed by atoms with Crippen LogP contribution in [0.4, 0.5) is 0 Å². The molecule has 0 aliphatic carbocycles. The number of rotatable bonds is 9. The van der Waals surface area contributed by atoms with Gasteiger partial charge in [-0.25, -0.2) is 0 Å². The first-order valence-corrected chi connectivity index (χ1v) is 9.42. The third-order valence-electron chi connectivity index (χ3n) is 5.37. The molecule has 0 radical (unpaired) electrons. The average molecular weight is 311 g/mol.